The summed E-state index contributed by atoms with van der Waals surface area (Å²) < 4.78 is 5.73. The van der Waals surface area contributed by atoms with Crippen molar-refractivity contribution in [3.63, 3.8) is 0 Å². The minimum atomic E-state index is 0.0187. The van der Waals surface area contributed by atoms with E-state index in [1.807, 2.05) is 11.8 Å². The minimum Gasteiger partial charge on any atom is -0.464 e. The van der Waals surface area contributed by atoms with Crippen LogP contribution in [0.15, 0.2) is 22.8 Å². The number of carbonyl (C=O) groups excluding carboxylic acids is 1. The Morgan fingerprint density at radius 2 is 2.17 bits per heavy atom. The molecular formula is C19H26N2O2. The van der Waals surface area contributed by atoms with E-state index in [0.29, 0.717) is 6.42 Å². The molecule has 0 bridgehead atoms. The van der Waals surface area contributed by atoms with Gasteiger partial charge in [-0.3, -0.25) is 4.79 Å². The molecule has 124 valence electrons. The number of benzene rings is 1. The Kier molecular flexibility index (Phi) is 4.44. The fourth-order valence-corrected chi connectivity index (χ4v) is 3.60. The van der Waals surface area contributed by atoms with Gasteiger partial charge in [0, 0.05) is 29.6 Å². The van der Waals surface area contributed by atoms with Crippen molar-refractivity contribution in [2.24, 2.45) is 5.73 Å². The SMILES string of the molecule is Cc1ccc2c(CC(=O)N3CCCCC3C(C)N)coc2c1C. The normalized spacial score (nSPS) is 20.0. The van der Waals surface area contributed by atoms with Gasteiger partial charge in [0.25, 0.3) is 0 Å². The zero-order chi connectivity index (χ0) is 16.6. The highest BCUT2D eigenvalue weighted by atomic mass is 16.3. The zero-order valence-electron chi connectivity index (χ0n) is 14.3. The maximum absolute atomic E-state index is 12.8. The molecule has 2 unspecified atom stereocenters. The van der Waals surface area contributed by atoms with E-state index in [9.17, 15) is 4.79 Å². The molecule has 1 aliphatic heterocycles. The van der Waals surface area contributed by atoms with Crippen LogP contribution in [0, 0.1) is 13.8 Å². The van der Waals surface area contributed by atoms with Crippen LogP contribution < -0.4 is 5.73 Å². The Balaban J connectivity index is 1.84. The van der Waals surface area contributed by atoms with Crippen LogP contribution in [0.4, 0.5) is 0 Å². The van der Waals surface area contributed by atoms with Gasteiger partial charge in [-0.25, -0.2) is 0 Å². The van der Waals surface area contributed by atoms with Crippen LogP contribution in [-0.4, -0.2) is 29.4 Å². The molecule has 0 saturated carbocycles. The standard InChI is InChI=1S/C19H26N2O2/c1-12-7-8-16-15(11-23-19(16)13(12)2)10-18(22)21-9-5-4-6-17(21)14(3)20/h7-8,11,14,17H,4-6,9-10,20H2,1-3H3. The summed E-state index contributed by atoms with van der Waals surface area (Å²) in [5, 5.41) is 1.05. The lowest BCUT2D eigenvalue weighted by Crippen LogP contribution is -2.52. The van der Waals surface area contributed by atoms with Gasteiger partial charge in [-0.05, 0) is 51.2 Å². The van der Waals surface area contributed by atoms with Crippen molar-refractivity contribution in [3.8, 4) is 0 Å². The summed E-state index contributed by atoms with van der Waals surface area (Å²) >= 11 is 0. The minimum absolute atomic E-state index is 0.0187. The Labute approximate surface area is 137 Å². The lowest BCUT2D eigenvalue weighted by Gasteiger charge is -2.38. The number of aryl methyl sites for hydroxylation is 2. The van der Waals surface area contributed by atoms with Gasteiger partial charge in [-0.15, -0.1) is 0 Å². The third-order valence-electron chi connectivity index (χ3n) is 5.16. The molecule has 1 aromatic heterocycles. The second-order valence-corrected chi connectivity index (χ2v) is 6.83. The summed E-state index contributed by atoms with van der Waals surface area (Å²) in [6.45, 7) is 6.95. The van der Waals surface area contributed by atoms with Gasteiger partial charge in [0.15, 0.2) is 0 Å². The maximum Gasteiger partial charge on any atom is 0.227 e. The van der Waals surface area contributed by atoms with Crippen molar-refractivity contribution in [1.29, 1.82) is 0 Å². The highest BCUT2D eigenvalue weighted by Crippen LogP contribution is 2.28. The first kappa shape index (κ1) is 16.1. The summed E-state index contributed by atoms with van der Waals surface area (Å²) in [5.41, 5.74) is 10.3. The molecule has 1 aliphatic rings. The number of likely N-dealkylation sites (tertiary alicyclic amines) is 1. The van der Waals surface area contributed by atoms with Crippen LogP contribution in [0.5, 0.6) is 0 Å². The predicted octanol–water partition coefficient (Wildman–Crippen LogP) is 3.32. The molecule has 4 nitrogen and oxygen atoms in total. The summed E-state index contributed by atoms with van der Waals surface area (Å²) in [5.74, 6) is 0.160. The Bertz CT molecular complexity index is 717. The number of piperidine rings is 1. The molecule has 1 aromatic carbocycles. The molecule has 0 spiro atoms. The Morgan fingerprint density at radius 3 is 2.91 bits per heavy atom. The zero-order valence-corrected chi connectivity index (χ0v) is 14.3. The van der Waals surface area contributed by atoms with Gasteiger partial charge in [0.2, 0.25) is 5.91 Å². The van der Waals surface area contributed by atoms with Gasteiger partial charge in [0.05, 0.1) is 12.7 Å². The van der Waals surface area contributed by atoms with Gasteiger partial charge < -0.3 is 15.1 Å². The number of hydrogen-bond acceptors (Lipinski definition) is 3. The molecule has 0 aliphatic carbocycles. The van der Waals surface area contributed by atoms with Crippen molar-refractivity contribution in [2.75, 3.05) is 6.54 Å². The fourth-order valence-electron chi connectivity index (χ4n) is 3.60. The van der Waals surface area contributed by atoms with Crippen molar-refractivity contribution in [1.82, 2.24) is 4.90 Å². The lowest BCUT2D eigenvalue weighted by molar-refractivity contribution is -0.134. The van der Waals surface area contributed by atoms with Crippen LogP contribution in [0.1, 0.15) is 42.9 Å². The van der Waals surface area contributed by atoms with Gasteiger partial charge in [-0.2, -0.15) is 0 Å². The van der Waals surface area contributed by atoms with Gasteiger partial charge in [-0.1, -0.05) is 12.1 Å². The summed E-state index contributed by atoms with van der Waals surface area (Å²) in [6, 6.07) is 4.33. The Hall–Kier alpha value is -1.81. The predicted molar refractivity (Wildman–Crippen MR) is 92.4 cm³/mol. The van der Waals surface area contributed by atoms with Crippen molar-refractivity contribution in [2.45, 2.75) is 58.5 Å². The molecule has 1 amide bonds. The van der Waals surface area contributed by atoms with Crippen molar-refractivity contribution >= 4 is 16.9 Å². The molecular weight excluding hydrogens is 288 g/mol. The molecule has 2 N–H and O–H groups in total. The van der Waals surface area contributed by atoms with E-state index < -0.39 is 0 Å². The van der Waals surface area contributed by atoms with E-state index in [1.165, 1.54) is 5.56 Å². The van der Waals surface area contributed by atoms with Crippen LogP contribution in [-0.2, 0) is 11.2 Å². The maximum atomic E-state index is 12.8. The summed E-state index contributed by atoms with van der Waals surface area (Å²) in [6.07, 6.45) is 5.36. The molecule has 1 fully saturated rings. The van der Waals surface area contributed by atoms with Crippen molar-refractivity contribution in [3.05, 3.63) is 35.1 Å². The molecule has 3 rings (SSSR count). The second kappa shape index (κ2) is 6.36. The van der Waals surface area contributed by atoms with E-state index in [2.05, 4.69) is 26.0 Å². The van der Waals surface area contributed by atoms with E-state index in [0.717, 1.165) is 47.9 Å². The Morgan fingerprint density at radius 1 is 1.39 bits per heavy atom. The van der Waals surface area contributed by atoms with Crippen LogP contribution in [0.25, 0.3) is 11.0 Å². The number of nitrogens with zero attached hydrogens (tertiary/aromatic N) is 1. The number of carbonyl (C=O) groups is 1. The quantitative estimate of drug-likeness (QED) is 0.945. The first-order valence-corrected chi connectivity index (χ1v) is 8.50. The average Bonchev–Trinajstić information content (AvgIpc) is 2.94. The summed E-state index contributed by atoms with van der Waals surface area (Å²) in [7, 11) is 0. The smallest absolute Gasteiger partial charge is 0.227 e. The van der Waals surface area contributed by atoms with E-state index >= 15 is 0 Å². The number of nitrogens with two attached hydrogens (primary N) is 1. The number of furan rings is 1. The van der Waals surface area contributed by atoms with E-state index in [1.54, 1.807) is 6.26 Å². The van der Waals surface area contributed by atoms with E-state index in [4.69, 9.17) is 10.2 Å². The number of amides is 1. The van der Waals surface area contributed by atoms with E-state index in [-0.39, 0.29) is 18.0 Å². The lowest BCUT2D eigenvalue weighted by atomic mass is 9.96. The average molecular weight is 314 g/mol. The summed E-state index contributed by atoms with van der Waals surface area (Å²) in [4.78, 5) is 14.8. The number of hydrogen-bond donors (Lipinski definition) is 1. The second-order valence-electron chi connectivity index (χ2n) is 6.83. The molecule has 2 atom stereocenters. The molecule has 0 radical (unpaired) electrons. The first-order chi connectivity index (χ1) is 11.0. The fraction of sp³-hybridized carbons (Fsp3) is 0.526. The largest absolute Gasteiger partial charge is 0.464 e. The molecule has 4 heteroatoms. The van der Waals surface area contributed by atoms with Crippen LogP contribution >= 0.6 is 0 Å². The van der Waals surface area contributed by atoms with Crippen molar-refractivity contribution < 1.29 is 9.21 Å². The molecule has 23 heavy (non-hydrogen) atoms. The molecule has 2 aromatic rings. The topological polar surface area (TPSA) is 59.5 Å². The van der Waals surface area contributed by atoms with Gasteiger partial charge >= 0.3 is 0 Å². The van der Waals surface area contributed by atoms with Crippen LogP contribution in [0.3, 0.4) is 0 Å². The van der Waals surface area contributed by atoms with Crippen LogP contribution in [0.2, 0.25) is 0 Å². The molecule has 1 saturated heterocycles. The highest BCUT2D eigenvalue weighted by molar-refractivity contribution is 5.89. The third kappa shape index (κ3) is 3.00. The first-order valence-electron chi connectivity index (χ1n) is 8.50. The molecule has 2 heterocycles. The highest BCUT2D eigenvalue weighted by Gasteiger charge is 2.29. The monoisotopic (exact) mass is 314 g/mol. The number of rotatable bonds is 3. The number of fused-ring (bicyclic) bond motifs is 1. The third-order valence-corrected chi connectivity index (χ3v) is 5.16. The van der Waals surface area contributed by atoms with Gasteiger partial charge in [0.1, 0.15) is 5.58 Å².